The van der Waals surface area contributed by atoms with Crippen molar-refractivity contribution in [3.8, 4) is 11.3 Å². The van der Waals surface area contributed by atoms with E-state index in [4.69, 9.17) is 7.16 Å². The Bertz CT molecular complexity index is 1110. The molecule has 3 heterocycles. The van der Waals surface area contributed by atoms with Crippen molar-refractivity contribution in [2.24, 2.45) is 7.05 Å². The summed E-state index contributed by atoms with van der Waals surface area (Å²) in [5.41, 5.74) is 5.20. The average Bonchev–Trinajstić information content (AvgIpc) is 2.93. The molecule has 0 radical (unpaired) electrons. The lowest BCUT2D eigenvalue weighted by molar-refractivity contribution is -0.660. The van der Waals surface area contributed by atoms with E-state index >= 15 is 0 Å². The fourth-order valence-electron chi connectivity index (χ4n) is 3.11. The molecule has 4 aromatic rings. The maximum atomic E-state index is 7.92. The minimum Gasteiger partial charge on any atom is -0.437 e. The van der Waals surface area contributed by atoms with Gasteiger partial charge in [-0.2, -0.15) is 0 Å². The zero-order valence-electron chi connectivity index (χ0n) is 15.4. The predicted octanol–water partition coefficient (Wildman–Crippen LogP) is 4.34. The van der Waals surface area contributed by atoms with E-state index in [2.05, 4.69) is 24.0 Å². The van der Waals surface area contributed by atoms with E-state index < -0.39 is 6.37 Å². The van der Waals surface area contributed by atoms with E-state index in [1.165, 1.54) is 0 Å². The van der Waals surface area contributed by atoms with Crippen LogP contribution < -0.4 is 4.57 Å². The molecular formula is C20H19N2O+. The lowest BCUT2D eigenvalue weighted by Crippen LogP contribution is -2.31. The van der Waals surface area contributed by atoms with Crippen molar-refractivity contribution in [3.63, 3.8) is 0 Å². The number of nitrogens with zero attached hydrogens (tertiary/aromatic N) is 2. The van der Waals surface area contributed by atoms with Gasteiger partial charge in [0.2, 0.25) is 11.4 Å². The van der Waals surface area contributed by atoms with Gasteiger partial charge in [-0.05, 0) is 37.1 Å². The highest BCUT2D eigenvalue weighted by Gasteiger charge is 2.20. The summed E-state index contributed by atoms with van der Waals surface area (Å²) in [6.45, 7) is 3.63. The highest BCUT2D eigenvalue weighted by Crippen LogP contribution is 2.35. The van der Waals surface area contributed by atoms with E-state index in [0.717, 1.165) is 33.2 Å². The molecule has 3 aromatic heterocycles. The second-order valence-corrected chi connectivity index (χ2v) is 5.76. The second kappa shape index (κ2) is 5.20. The SMILES string of the molecule is [2H]C([2H])(C)c1ccc(-c2c(C)ccc3c2oc2ncccc23)[n+](C)c1. The fraction of sp³-hybridized carbons (Fsp3) is 0.200. The number of aryl methyl sites for hydroxylation is 3. The van der Waals surface area contributed by atoms with Gasteiger partial charge in [0.25, 0.3) is 0 Å². The maximum absolute atomic E-state index is 7.92. The van der Waals surface area contributed by atoms with Gasteiger partial charge in [0.1, 0.15) is 7.05 Å². The smallest absolute Gasteiger partial charge is 0.227 e. The van der Waals surface area contributed by atoms with Crippen LogP contribution in [0, 0.1) is 6.92 Å². The first-order valence-electron chi connectivity index (χ1n) is 8.63. The van der Waals surface area contributed by atoms with Crippen molar-refractivity contribution in [2.45, 2.75) is 20.2 Å². The normalized spacial score (nSPS) is 13.3. The lowest BCUT2D eigenvalue weighted by Gasteiger charge is -2.06. The first-order chi connectivity index (χ1) is 11.9. The van der Waals surface area contributed by atoms with Crippen LogP contribution in [0.4, 0.5) is 0 Å². The summed E-state index contributed by atoms with van der Waals surface area (Å²) < 4.78 is 23.9. The maximum Gasteiger partial charge on any atom is 0.227 e. The summed E-state index contributed by atoms with van der Waals surface area (Å²) >= 11 is 0. The van der Waals surface area contributed by atoms with Crippen LogP contribution in [-0.4, -0.2) is 4.98 Å². The molecule has 0 aliphatic heterocycles. The highest BCUT2D eigenvalue weighted by atomic mass is 16.3. The van der Waals surface area contributed by atoms with Gasteiger partial charge in [0, 0.05) is 31.3 Å². The highest BCUT2D eigenvalue weighted by molar-refractivity contribution is 6.08. The summed E-state index contributed by atoms with van der Waals surface area (Å²) in [5.74, 6) is 0. The number of fused-ring (bicyclic) bond motifs is 3. The molecule has 0 spiro atoms. The summed E-state index contributed by atoms with van der Waals surface area (Å²) in [6, 6.07) is 11.9. The summed E-state index contributed by atoms with van der Waals surface area (Å²) in [4.78, 5) is 4.33. The first-order valence-corrected chi connectivity index (χ1v) is 7.63. The molecule has 4 rings (SSSR count). The molecule has 114 valence electrons. The number of rotatable bonds is 2. The quantitative estimate of drug-likeness (QED) is 0.516. The molecule has 23 heavy (non-hydrogen) atoms. The minimum atomic E-state index is -1.37. The number of hydrogen-bond donors (Lipinski definition) is 0. The van der Waals surface area contributed by atoms with E-state index in [-0.39, 0.29) is 0 Å². The number of pyridine rings is 2. The van der Waals surface area contributed by atoms with Crippen LogP contribution in [0.1, 0.15) is 20.8 Å². The minimum absolute atomic E-state index is 0.633. The zero-order chi connectivity index (χ0) is 17.8. The molecule has 0 N–H and O–H groups in total. The van der Waals surface area contributed by atoms with E-state index in [0.29, 0.717) is 11.3 Å². The topological polar surface area (TPSA) is 29.9 Å². The van der Waals surface area contributed by atoms with E-state index in [1.54, 1.807) is 13.1 Å². The van der Waals surface area contributed by atoms with Crippen molar-refractivity contribution < 1.29 is 11.7 Å². The van der Waals surface area contributed by atoms with Crippen LogP contribution in [0.3, 0.4) is 0 Å². The number of aromatic nitrogens is 2. The average molecular weight is 305 g/mol. The zero-order valence-corrected chi connectivity index (χ0v) is 13.4. The third-order valence-corrected chi connectivity index (χ3v) is 4.30. The van der Waals surface area contributed by atoms with Crippen molar-refractivity contribution in [2.75, 3.05) is 0 Å². The Hall–Kier alpha value is -2.68. The van der Waals surface area contributed by atoms with Crippen molar-refractivity contribution in [1.82, 2.24) is 4.98 Å². The van der Waals surface area contributed by atoms with Crippen LogP contribution in [0.15, 0.2) is 53.2 Å². The second-order valence-electron chi connectivity index (χ2n) is 5.76. The Balaban J connectivity index is 2.02. The van der Waals surface area contributed by atoms with Gasteiger partial charge in [-0.3, -0.25) is 0 Å². The standard InChI is InChI=1S/C20H19N2O/c1-4-14-8-10-17(22(3)12-14)18-13(2)7-9-15-16-6-5-11-21-20(16)23-19(15)18/h5-12H,4H2,1-3H3/q+1/i4D2. The van der Waals surface area contributed by atoms with Gasteiger partial charge < -0.3 is 4.42 Å². The Morgan fingerprint density at radius 1 is 1.17 bits per heavy atom. The van der Waals surface area contributed by atoms with E-state index in [1.807, 2.05) is 42.1 Å². The fourth-order valence-corrected chi connectivity index (χ4v) is 3.11. The van der Waals surface area contributed by atoms with Crippen LogP contribution in [0.2, 0.25) is 0 Å². The molecule has 1 aromatic carbocycles. The van der Waals surface area contributed by atoms with Crippen molar-refractivity contribution in [3.05, 3.63) is 59.9 Å². The molecule has 0 saturated heterocycles. The molecule has 0 aliphatic carbocycles. The molecule has 0 fully saturated rings. The van der Waals surface area contributed by atoms with Gasteiger partial charge in [0.05, 0.1) is 5.56 Å². The summed E-state index contributed by atoms with van der Waals surface area (Å²) in [7, 11) is 1.93. The molecule has 0 saturated carbocycles. The third-order valence-electron chi connectivity index (χ3n) is 4.30. The number of furan rings is 1. The third kappa shape index (κ3) is 2.12. The predicted molar refractivity (Wildman–Crippen MR) is 92.2 cm³/mol. The number of hydrogen-bond acceptors (Lipinski definition) is 2. The summed E-state index contributed by atoms with van der Waals surface area (Å²) in [6.07, 6.45) is 2.20. The molecule has 0 amide bonds. The monoisotopic (exact) mass is 305 g/mol. The van der Waals surface area contributed by atoms with Gasteiger partial charge in [-0.15, -0.1) is 0 Å². The Labute approximate surface area is 138 Å². The van der Waals surface area contributed by atoms with Crippen LogP contribution in [-0.2, 0) is 13.4 Å². The first kappa shape index (κ1) is 11.8. The molecule has 3 heteroatoms. The van der Waals surface area contributed by atoms with Crippen LogP contribution in [0.5, 0.6) is 0 Å². The largest absolute Gasteiger partial charge is 0.437 e. The Kier molecular flexibility index (Phi) is 2.67. The van der Waals surface area contributed by atoms with Crippen molar-refractivity contribution >= 4 is 22.1 Å². The Morgan fingerprint density at radius 2 is 2.04 bits per heavy atom. The molecular weight excluding hydrogens is 284 g/mol. The van der Waals surface area contributed by atoms with Gasteiger partial charge >= 0.3 is 0 Å². The molecule has 0 unspecified atom stereocenters. The Morgan fingerprint density at radius 3 is 2.83 bits per heavy atom. The lowest BCUT2D eigenvalue weighted by atomic mass is 10.0. The van der Waals surface area contributed by atoms with Gasteiger partial charge in [0.15, 0.2) is 11.8 Å². The molecule has 0 bridgehead atoms. The van der Waals surface area contributed by atoms with Crippen LogP contribution >= 0.6 is 0 Å². The number of benzene rings is 1. The van der Waals surface area contributed by atoms with Crippen LogP contribution in [0.25, 0.3) is 33.3 Å². The summed E-state index contributed by atoms with van der Waals surface area (Å²) in [5, 5.41) is 2.04. The van der Waals surface area contributed by atoms with Gasteiger partial charge in [-0.1, -0.05) is 19.1 Å². The molecule has 0 aliphatic rings. The van der Waals surface area contributed by atoms with E-state index in [9.17, 15) is 0 Å². The molecule has 0 atom stereocenters. The van der Waals surface area contributed by atoms with Crippen molar-refractivity contribution in [1.29, 1.82) is 0 Å². The van der Waals surface area contributed by atoms with Gasteiger partial charge in [-0.25, -0.2) is 9.55 Å². The molecule has 3 nitrogen and oxygen atoms in total.